The number of carbonyl (C=O) groups is 2. The average molecular weight is 622 g/mol. The van der Waals surface area contributed by atoms with Crippen LogP contribution in [-0.2, 0) is 24.4 Å². The Balaban J connectivity index is 1.18. The number of para-hydroxylation sites is 2. The number of fused-ring (bicyclic) bond motifs is 1. The van der Waals surface area contributed by atoms with Crippen LogP contribution in [0.3, 0.4) is 0 Å². The van der Waals surface area contributed by atoms with Crippen molar-refractivity contribution in [1.29, 1.82) is 0 Å². The summed E-state index contributed by atoms with van der Waals surface area (Å²) in [6.07, 6.45) is 0. The van der Waals surface area contributed by atoms with Crippen molar-refractivity contribution in [2.45, 2.75) is 19.6 Å². The molecule has 0 aliphatic carbocycles. The van der Waals surface area contributed by atoms with E-state index in [1.165, 1.54) is 4.57 Å². The molecule has 9 nitrogen and oxygen atoms in total. The lowest BCUT2D eigenvalue weighted by Gasteiger charge is -2.36. The summed E-state index contributed by atoms with van der Waals surface area (Å²) >= 11 is 6.19. The Morgan fingerprint density at radius 2 is 1.40 bits per heavy atom. The Hall–Kier alpha value is -5.15. The first-order chi connectivity index (χ1) is 21.9. The molecule has 0 radical (unpaired) electrons. The van der Waals surface area contributed by atoms with E-state index in [1.54, 1.807) is 59.5 Å². The van der Waals surface area contributed by atoms with Gasteiger partial charge in [0.05, 0.1) is 17.4 Å². The van der Waals surface area contributed by atoms with Crippen LogP contribution in [0.5, 0.6) is 0 Å². The van der Waals surface area contributed by atoms with Gasteiger partial charge in [0.25, 0.3) is 11.5 Å². The fourth-order valence-corrected chi connectivity index (χ4v) is 5.82. The lowest BCUT2D eigenvalue weighted by molar-refractivity contribution is -0.132. The van der Waals surface area contributed by atoms with Gasteiger partial charge in [0.2, 0.25) is 5.91 Å². The highest BCUT2D eigenvalue weighted by Crippen LogP contribution is 2.17. The van der Waals surface area contributed by atoms with Crippen LogP contribution in [-0.4, -0.2) is 52.0 Å². The standard InChI is InChI=1S/C35H32ClN5O4/c36-30-12-6-4-8-27(30)22-37-33(43)26-16-14-25(15-17-26)23-41-34(44)29-11-5-7-13-31(29)40(35(41)45)24-32(42)39-20-18-38(19-21-39)28-9-2-1-3-10-28/h1-17H,18-24H2,(H,37,43). The van der Waals surface area contributed by atoms with E-state index in [-0.39, 0.29) is 31.4 Å². The van der Waals surface area contributed by atoms with Crippen molar-refractivity contribution in [2.24, 2.45) is 0 Å². The summed E-state index contributed by atoms with van der Waals surface area (Å²) < 4.78 is 2.54. The van der Waals surface area contributed by atoms with Gasteiger partial charge < -0.3 is 15.1 Å². The second-order valence-corrected chi connectivity index (χ2v) is 11.4. The first-order valence-corrected chi connectivity index (χ1v) is 15.2. The molecule has 1 N–H and O–H groups in total. The lowest BCUT2D eigenvalue weighted by Crippen LogP contribution is -2.50. The number of hydrogen-bond donors (Lipinski definition) is 1. The number of anilines is 1. The highest BCUT2D eigenvalue weighted by atomic mass is 35.5. The number of hydrogen-bond acceptors (Lipinski definition) is 5. The zero-order chi connectivity index (χ0) is 31.3. The second-order valence-electron chi connectivity index (χ2n) is 11.0. The van der Waals surface area contributed by atoms with Crippen LogP contribution in [0.2, 0.25) is 5.02 Å². The summed E-state index contributed by atoms with van der Waals surface area (Å²) in [7, 11) is 0. The number of nitrogens with one attached hydrogen (secondary N) is 1. The fraction of sp³-hybridized carbons (Fsp3) is 0.200. The molecule has 6 rings (SSSR count). The van der Waals surface area contributed by atoms with E-state index < -0.39 is 11.2 Å². The molecule has 1 aliphatic heterocycles. The smallest absolute Gasteiger partial charge is 0.332 e. The molecule has 1 saturated heterocycles. The summed E-state index contributed by atoms with van der Waals surface area (Å²) in [6.45, 7) is 2.58. The predicted octanol–water partition coefficient (Wildman–Crippen LogP) is 4.14. The first kappa shape index (κ1) is 29.9. The summed E-state index contributed by atoms with van der Waals surface area (Å²) in [6, 6.07) is 31.0. The fourth-order valence-electron chi connectivity index (χ4n) is 5.61. The molecule has 2 amide bonds. The minimum Gasteiger partial charge on any atom is -0.368 e. The van der Waals surface area contributed by atoms with Gasteiger partial charge in [-0.1, -0.05) is 72.3 Å². The molecule has 1 fully saturated rings. The molecule has 0 unspecified atom stereocenters. The van der Waals surface area contributed by atoms with Gasteiger partial charge in [0.1, 0.15) is 6.54 Å². The number of amides is 2. The van der Waals surface area contributed by atoms with Gasteiger partial charge in [0, 0.05) is 49.0 Å². The highest BCUT2D eigenvalue weighted by Gasteiger charge is 2.23. The third kappa shape index (κ3) is 6.53. The van der Waals surface area contributed by atoms with Gasteiger partial charge >= 0.3 is 5.69 Å². The Labute approximate surface area is 264 Å². The molecule has 1 aliphatic rings. The summed E-state index contributed by atoms with van der Waals surface area (Å²) in [5.74, 6) is -0.442. The van der Waals surface area contributed by atoms with Crippen LogP contribution >= 0.6 is 11.6 Å². The minimum absolute atomic E-state index is 0.00599. The van der Waals surface area contributed by atoms with E-state index in [4.69, 9.17) is 11.6 Å². The quantitative estimate of drug-likeness (QED) is 0.281. The van der Waals surface area contributed by atoms with Crippen molar-refractivity contribution in [3.63, 3.8) is 0 Å². The van der Waals surface area contributed by atoms with Crippen LogP contribution in [0.15, 0.2) is 113 Å². The molecule has 228 valence electrons. The van der Waals surface area contributed by atoms with E-state index >= 15 is 0 Å². The topological polar surface area (TPSA) is 96.6 Å². The maximum atomic E-state index is 13.8. The van der Waals surface area contributed by atoms with Crippen LogP contribution in [0, 0.1) is 0 Å². The van der Waals surface area contributed by atoms with Gasteiger partial charge in [-0.25, -0.2) is 4.79 Å². The normalized spacial score (nSPS) is 13.2. The van der Waals surface area contributed by atoms with Crippen molar-refractivity contribution in [2.75, 3.05) is 31.1 Å². The molecule has 2 heterocycles. The van der Waals surface area contributed by atoms with Gasteiger partial charge in [-0.2, -0.15) is 0 Å². The predicted molar refractivity (Wildman–Crippen MR) is 176 cm³/mol. The molecule has 10 heteroatoms. The molecule has 5 aromatic rings. The summed E-state index contributed by atoms with van der Waals surface area (Å²) in [5.41, 5.74) is 2.46. The van der Waals surface area contributed by atoms with E-state index in [9.17, 15) is 19.2 Å². The van der Waals surface area contributed by atoms with E-state index in [0.717, 1.165) is 15.8 Å². The molecular formula is C35H32ClN5O4. The summed E-state index contributed by atoms with van der Waals surface area (Å²) in [4.78, 5) is 57.4. The second kappa shape index (κ2) is 13.2. The monoisotopic (exact) mass is 621 g/mol. The molecular weight excluding hydrogens is 590 g/mol. The van der Waals surface area contributed by atoms with Crippen molar-refractivity contribution < 1.29 is 9.59 Å². The number of rotatable bonds is 8. The van der Waals surface area contributed by atoms with E-state index in [1.807, 2.05) is 36.4 Å². The van der Waals surface area contributed by atoms with Crippen LogP contribution in [0.25, 0.3) is 10.9 Å². The molecule has 1 aromatic heterocycles. The maximum Gasteiger partial charge on any atom is 0.332 e. The van der Waals surface area contributed by atoms with Gasteiger partial charge in [0.15, 0.2) is 0 Å². The van der Waals surface area contributed by atoms with Crippen LogP contribution in [0.1, 0.15) is 21.5 Å². The third-order valence-electron chi connectivity index (χ3n) is 8.13. The molecule has 0 spiro atoms. The molecule has 45 heavy (non-hydrogen) atoms. The Morgan fingerprint density at radius 3 is 2.13 bits per heavy atom. The van der Waals surface area contributed by atoms with Crippen molar-refractivity contribution in [3.05, 3.63) is 146 Å². The van der Waals surface area contributed by atoms with E-state index in [2.05, 4.69) is 22.3 Å². The minimum atomic E-state index is -0.559. The van der Waals surface area contributed by atoms with Crippen molar-refractivity contribution in [3.8, 4) is 0 Å². The van der Waals surface area contributed by atoms with Gasteiger partial charge in [-0.3, -0.25) is 23.5 Å². The number of nitrogens with zero attached hydrogens (tertiary/aromatic N) is 4. The number of benzene rings is 4. The third-order valence-corrected chi connectivity index (χ3v) is 8.50. The lowest BCUT2D eigenvalue weighted by atomic mass is 10.1. The highest BCUT2D eigenvalue weighted by molar-refractivity contribution is 6.31. The summed E-state index contributed by atoms with van der Waals surface area (Å²) in [5, 5.41) is 3.79. The van der Waals surface area contributed by atoms with E-state index in [0.29, 0.717) is 53.2 Å². The maximum absolute atomic E-state index is 13.8. The molecule has 0 bridgehead atoms. The number of halogens is 1. The number of carbonyl (C=O) groups excluding carboxylic acids is 2. The largest absolute Gasteiger partial charge is 0.368 e. The average Bonchev–Trinajstić information content (AvgIpc) is 3.08. The zero-order valence-corrected chi connectivity index (χ0v) is 25.3. The molecule has 4 aromatic carbocycles. The number of piperazine rings is 1. The molecule has 0 saturated carbocycles. The SMILES string of the molecule is O=C(NCc1ccccc1Cl)c1ccc(Cn2c(=O)c3ccccc3n(CC(=O)N3CCN(c4ccccc4)CC3)c2=O)cc1. The number of aromatic nitrogens is 2. The molecule has 0 atom stereocenters. The van der Waals surface area contributed by atoms with Crippen LogP contribution in [0.4, 0.5) is 5.69 Å². The Bertz CT molecular complexity index is 1960. The Kier molecular flexibility index (Phi) is 8.79. The van der Waals surface area contributed by atoms with Gasteiger partial charge in [-0.15, -0.1) is 0 Å². The van der Waals surface area contributed by atoms with Crippen LogP contribution < -0.4 is 21.5 Å². The van der Waals surface area contributed by atoms with Crippen molar-refractivity contribution >= 4 is 40.0 Å². The van der Waals surface area contributed by atoms with Crippen molar-refractivity contribution in [1.82, 2.24) is 19.4 Å². The first-order valence-electron chi connectivity index (χ1n) is 14.8. The zero-order valence-electron chi connectivity index (χ0n) is 24.6. The van der Waals surface area contributed by atoms with Gasteiger partial charge in [-0.05, 0) is 53.6 Å². The Morgan fingerprint density at radius 1 is 0.733 bits per heavy atom.